The zero-order valence-corrected chi connectivity index (χ0v) is 12.7. The standard InChI is InChI=1S/C14H22BrNO/c1-10(2)12(4)16-7-8-17-14-6-5-13(15)9-11(14)3/h5-6,9-10,12,16H,7-8H2,1-4H3. The Morgan fingerprint density at radius 2 is 2.00 bits per heavy atom. The van der Waals surface area contributed by atoms with Gasteiger partial charge in [0.1, 0.15) is 12.4 Å². The number of ether oxygens (including phenoxy) is 1. The molecule has 17 heavy (non-hydrogen) atoms. The molecule has 0 heterocycles. The van der Waals surface area contributed by atoms with Crippen LogP contribution in [0.1, 0.15) is 26.3 Å². The number of hydrogen-bond acceptors (Lipinski definition) is 2. The van der Waals surface area contributed by atoms with Gasteiger partial charge in [-0.1, -0.05) is 29.8 Å². The first-order chi connectivity index (χ1) is 8.00. The number of aryl methyl sites for hydroxylation is 1. The third-order valence-corrected chi connectivity index (χ3v) is 3.46. The van der Waals surface area contributed by atoms with Crippen molar-refractivity contribution in [2.75, 3.05) is 13.2 Å². The zero-order chi connectivity index (χ0) is 12.8. The number of benzene rings is 1. The Bertz CT molecular complexity index is 352. The molecule has 1 N–H and O–H groups in total. The molecule has 2 nitrogen and oxygen atoms in total. The van der Waals surface area contributed by atoms with Gasteiger partial charge in [0.15, 0.2) is 0 Å². The highest BCUT2D eigenvalue weighted by molar-refractivity contribution is 9.10. The van der Waals surface area contributed by atoms with Crippen molar-refractivity contribution in [2.45, 2.75) is 33.7 Å². The highest BCUT2D eigenvalue weighted by Crippen LogP contribution is 2.21. The van der Waals surface area contributed by atoms with Gasteiger partial charge in [-0.2, -0.15) is 0 Å². The Hall–Kier alpha value is -0.540. The number of halogens is 1. The van der Waals surface area contributed by atoms with Gasteiger partial charge in [0.25, 0.3) is 0 Å². The van der Waals surface area contributed by atoms with E-state index < -0.39 is 0 Å². The molecule has 0 saturated heterocycles. The summed E-state index contributed by atoms with van der Waals surface area (Å²) in [6.45, 7) is 10.3. The van der Waals surface area contributed by atoms with Gasteiger partial charge in [-0.15, -0.1) is 0 Å². The van der Waals surface area contributed by atoms with Crippen LogP contribution in [0.4, 0.5) is 0 Å². The highest BCUT2D eigenvalue weighted by Gasteiger charge is 2.05. The zero-order valence-electron chi connectivity index (χ0n) is 11.1. The minimum Gasteiger partial charge on any atom is -0.492 e. The molecule has 0 spiro atoms. The molecule has 1 aromatic carbocycles. The maximum Gasteiger partial charge on any atom is 0.122 e. The van der Waals surface area contributed by atoms with Crippen LogP contribution in [0.3, 0.4) is 0 Å². The molecule has 0 aromatic heterocycles. The molecular formula is C14H22BrNO. The van der Waals surface area contributed by atoms with E-state index in [1.165, 1.54) is 0 Å². The van der Waals surface area contributed by atoms with Crippen LogP contribution >= 0.6 is 15.9 Å². The van der Waals surface area contributed by atoms with Crippen molar-refractivity contribution < 1.29 is 4.74 Å². The lowest BCUT2D eigenvalue weighted by Gasteiger charge is -2.17. The first kappa shape index (κ1) is 14.5. The van der Waals surface area contributed by atoms with Crippen molar-refractivity contribution in [1.29, 1.82) is 0 Å². The number of nitrogens with one attached hydrogen (secondary N) is 1. The lowest BCUT2D eigenvalue weighted by Crippen LogP contribution is -2.33. The summed E-state index contributed by atoms with van der Waals surface area (Å²) in [6, 6.07) is 6.61. The molecule has 0 fully saturated rings. The topological polar surface area (TPSA) is 21.3 Å². The van der Waals surface area contributed by atoms with Crippen molar-refractivity contribution in [3.05, 3.63) is 28.2 Å². The SMILES string of the molecule is Cc1cc(Br)ccc1OCCNC(C)C(C)C. The maximum absolute atomic E-state index is 5.74. The second kappa shape index (κ2) is 7.02. The monoisotopic (exact) mass is 299 g/mol. The van der Waals surface area contributed by atoms with E-state index in [1.54, 1.807) is 0 Å². The maximum atomic E-state index is 5.74. The molecular weight excluding hydrogens is 278 g/mol. The molecule has 0 aliphatic carbocycles. The van der Waals surface area contributed by atoms with Crippen LogP contribution in [0.15, 0.2) is 22.7 Å². The van der Waals surface area contributed by atoms with Crippen molar-refractivity contribution >= 4 is 15.9 Å². The van der Waals surface area contributed by atoms with Crippen LogP contribution in [-0.4, -0.2) is 19.2 Å². The summed E-state index contributed by atoms with van der Waals surface area (Å²) in [5.74, 6) is 1.62. The summed E-state index contributed by atoms with van der Waals surface area (Å²) >= 11 is 3.45. The van der Waals surface area contributed by atoms with E-state index in [0.717, 1.165) is 22.3 Å². The fraction of sp³-hybridized carbons (Fsp3) is 0.571. The Morgan fingerprint density at radius 3 is 2.59 bits per heavy atom. The van der Waals surface area contributed by atoms with Crippen molar-refractivity contribution in [3.63, 3.8) is 0 Å². The third kappa shape index (κ3) is 5.09. The van der Waals surface area contributed by atoms with E-state index in [4.69, 9.17) is 4.74 Å². The van der Waals surface area contributed by atoms with Crippen molar-refractivity contribution in [2.24, 2.45) is 5.92 Å². The van der Waals surface area contributed by atoms with Gasteiger partial charge in [-0.3, -0.25) is 0 Å². The summed E-state index contributed by atoms with van der Waals surface area (Å²) in [5, 5.41) is 3.45. The minimum absolute atomic E-state index is 0.532. The smallest absolute Gasteiger partial charge is 0.122 e. The van der Waals surface area contributed by atoms with Crippen LogP contribution in [0, 0.1) is 12.8 Å². The second-order valence-electron chi connectivity index (χ2n) is 4.75. The summed E-state index contributed by atoms with van der Waals surface area (Å²) < 4.78 is 6.83. The van der Waals surface area contributed by atoms with Crippen LogP contribution in [0.5, 0.6) is 5.75 Å². The molecule has 1 unspecified atom stereocenters. The molecule has 0 radical (unpaired) electrons. The van der Waals surface area contributed by atoms with Crippen LogP contribution in [-0.2, 0) is 0 Å². The van der Waals surface area contributed by atoms with Gasteiger partial charge in [0, 0.05) is 17.1 Å². The molecule has 1 aromatic rings. The molecule has 0 amide bonds. The molecule has 1 rings (SSSR count). The van der Waals surface area contributed by atoms with Crippen LogP contribution in [0.25, 0.3) is 0 Å². The van der Waals surface area contributed by atoms with Gasteiger partial charge in [0.2, 0.25) is 0 Å². The first-order valence-corrected chi connectivity index (χ1v) is 6.92. The number of hydrogen-bond donors (Lipinski definition) is 1. The predicted molar refractivity (Wildman–Crippen MR) is 76.7 cm³/mol. The van der Waals surface area contributed by atoms with Gasteiger partial charge in [-0.25, -0.2) is 0 Å². The molecule has 3 heteroatoms. The van der Waals surface area contributed by atoms with Gasteiger partial charge < -0.3 is 10.1 Å². The summed E-state index contributed by atoms with van der Waals surface area (Å²) in [5.41, 5.74) is 1.16. The first-order valence-electron chi connectivity index (χ1n) is 6.13. The molecule has 96 valence electrons. The summed E-state index contributed by atoms with van der Waals surface area (Å²) in [7, 11) is 0. The highest BCUT2D eigenvalue weighted by atomic mass is 79.9. The summed E-state index contributed by atoms with van der Waals surface area (Å²) in [6.07, 6.45) is 0. The van der Waals surface area contributed by atoms with Crippen molar-refractivity contribution in [3.8, 4) is 5.75 Å². The molecule has 0 bridgehead atoms. The van der Waals surface area contributed by atoms with E-state index >= 15 is 0 Å². The Kier molecular flexibility index (Phi) is 6.00. The van der Waals surface area contributed by atoms with E-state index in [1.807, 2.05) is 12.1 Å². The second-order valence-corrected chi connectivity index (χ2v) is 5.66. The van der Waals surface area contributed by atoms with Gasteiger partial charge in [0.05, 0.1) is 0 Å². The van der Waals surface area contributed by atoms with Gasteiger partial charge >= 0.3 is 0 Å². The fourth-order valence-electron chi connectivity index (χ4n) is 1.46. The Labute approximate surface area is 113 Å². The largest absolute Gasteiger partial charge is 0.492 e. The molecule has 0 aliphatic rings. The summed E-state index contributed by atoms with van der Waals surface area (Å²) in [4.78, 5) is 0. The van der Waals surface area contributed by atoms with E-state index in [2.05, 4.69) is 55.0 Å². The average molecular weight is 300 g/mol. The van der Waals surface area contributed by atoms with Crippen LogP contribution < -0.4 is 10.1 Å². The fourth-order valence-corrected chi connectivity index (χ4v) is 1.93. The van der Waals surface area contributed by atoms with E-state index in [-0.39, 0.29) is 0 Å². The lowest BCUT2D eigenvalue weighted by molar-refractivity contribution is 0.295. The lowest BCUT2D eigenvalue weighted by atomic mass is 10.1. The quantitative estimate of drug-likeness (QED) is 0.808. The molecule has 1 atom stereocenters. The number of rotatable bonds is 6. The van der Waals surface area contributed by atoms with Crippen molar-refractivity contribution in [1.82, 2.24) is 5.32 Å². The van der Waals surface area contributed by atoms with E-state index in [0.29, 0.717) is 18.6 Å². The minimum atomic E-state index is 0.532. The normalized spacial score (nSPS) is 12.8. The Morgan fingerprint density at radius 1 is 1.29 bits per heavy atom. The predicted octanol–water partition coefficient (Wildman–Crippen LogP) is 3.77. The molecule has 0 saturated carbocycles. The van der Waals surface area contributed by atoms with E-state index in [9.17, 15) is 0 Å². The molecule has 0 aliphatic heterocycles. The Balaban J connectivity index is 2.31. The van der Waals surface area contributed by atoms with Crippen LogP contribution in [0.2, 0.25) is 0 Å². The third-order valence-electron chi connectivity index (χ3n) is 2.96. The average Bonchev–Trinajstić information content (AvgIpc) is 2.26. The van der Waals surface area contributed by atoms with Gasteiger partial charge in [-0.05, 0) is 43.5 Å².